The third-order valence-corrected chi connectivity index (χ3v) is 5.58. The van der Waals surface area contributed by atoms with Crippen molar-refractivity contribution in [2.75, 3.05) is 19.6 Å². The maximum Gasteiger partial charge on any atom is 0.251 e. The van der Waals surface area contributed by atoms with Crippen LogP contribution in [0.5, 0.6) is 0 Å². The third-order valence-electron chi connectivity index (χ3n) is 5.02. The van der Waals surface area contributed by atoms with Gasteiger partial charge in [-0.1, -0.05) is 30.3 Å². The summed E-state index contributed by atoms with van der Waals surface area (Å²) in [5.74, 6) is 0.530. The lowest BCUT2D eigenvalue weighted by molar-refractivity contribution is 0.0935. The van der Waals surface area contributed by atoms with Gasteiger partial charge in [0.1, 0.15) is 11.0 Å². The van der Waals surface area contributed by atoms with Crippen molar-refractivity contribution < 1.29 is 4.79 Å². The summed E-state index contributed by atoms with van der Waals surface area (Å²) in [7, 11) is 0. The van der Waals surface area contributed by atoms with Crippen molar-refractivity contribution in [3.8, 4) is 0 Å². The Labute approximate surface area is 157 Å². The van der Waals surface area contributed by atoms with Crippen LogP contribution in [0.4, 0.5) is 0 Å². The van der Waals surface area contributed by atoms with Gasteiger partial charge in [0, 0.05) is 18.7 Å². The van der Waals surface area contributed by atoms with Gasteiger partial charge >= 0.3 is 0 Å². The maximum absolute atomic E-state index is 12.4. The van der Waals surface area contributed by atoms with E-state index in [9.17, 15) is 4.79 Å². The van der Waals surface area contributed by atoms with E-state index < -0.39 is 0 Å². The number of carbonyl (C=O) groups is 1. The van der Waals surface area contributed by atoms with Crippen molar-refractivity contribution in [1.82, 2.24) is 19.0 Å². The zero-order valence-corrected chi connectivity index (χ0v) is 15.4. The Kier molecular flexibility index (Phi) is 5.22. The summed E-state index contributed by atoms with van der Waals surface area (Å²) in [5, 5.41) is 3.09. The van der Waals surface area contributed by atoms with Gasteiger partial charge in [-0.15, -0.1) is 0 Å². The number of hydrogen-bond acceptors (Lipinski definition) is 5. The van der Waals surface area contributed by atoms with Gasteiger partial charge in [0.15, 0.2) is 0 Å². The standard InChI is InChI=1S/C20H22N4OS/c25-20(17-6-7-18-19(12-17)23-26-22-18)21-13-15-8-10-24(11-9-15)14-16-4-2-1-3-5-16/h1-7,12,15H,8-11,13-14H2,(H,21,25). The number of nitrogens with zero attached hydrogens (tertiary/aromatic N) is 3. The molecular formula is C20H22N4OS. The van der Waals surface area contributed by atoms with Gasteiger partial charge in [0.05, 0.1) is 11.7 Å². The van der Waals surface area contributed by atoms with E-state index in [4.69, 9.17) is 0 Å². The Bertz CT molecular complexity index is 872. The van der Waals surface area contributed by atoms with E-state index in [0.717, 1.165) is 50.1 Å². The van der Waals surface area contributed by atoms with E-state index in [1.807, 2.05) is 18.2 Å². The van der Waals surface area contributed by atoms with Crippen LogP contribution in [0.25, 0.3) is 11.0 Å². The predicted molar refractivity (Wildman–Crippen MR) is 104 cm³/mol. The summed E-state index contributed by atoms with van der Waals surface area (Å²) in [5.41, 5.74) is 3.66. The highest BCUT2D eigenvalue weighted by Gasteiger charge is 2.20. The summed E-state index contributed by atoms with van der Waals surface area (Å²) in [4.78, 5) is 14.9. The number of nitrogens with one attached hydrogen (secondary N) is 1. The summed E-state index contributed by atoms with van der Waals surface area (Å²) in [6.45, 7) is 3.94. The lowest BCUT2D eigenvalue weighted by Crippen LogP contribution is -2.38. The van der Waals surface area contributed by atoms with Gasteiger partial charge < -0.3 is 5.32 Å². The molecule has 1 aliphatic rings. The van der Waals surface area contributed by atoms with E-state index in [1.165, 1.54) is 17.3 Å². The van der Waals surface area contributed by atoms with E-state index >= 15 is 0 Å². The number of rotatable bonds is 5. The molecule has 134 valence electrons. The van der Waals surface area contributed by atoms with Gasteiger partial charge in [-0.25, -0.2) is 0 Å². The molecule has 0 bridgehead atoms. The molecular weight excluding hydrogens is 344 g/mol. The van der Waals surface area contributed by atoms with Crippen LogP contribution in [0, 0.1) is 5.92 Å². The number of likely N-dealkylation sites (tertiary alicyclic amines) is 1. The summed E-state index contributed by atoms with van der Waals surface area (Å²) in [6.07, 6.45) is 2.25. The zero-order valence-electron chi connectivity index (χ0n) is 14.6. The fourth-order valence-electron chi connectivity index (χ4n) is 3.45. The Balaban J connectivity index is 1.25. The highest BCUT2D eigenvalue weighted by Crippen LogP contribution is 2.19. The van der Waals surface area contributed by atoms with Gasteiger partial charge in [-0.05, 0) is 55.6 Å². The number of benzene rings is 2. The number of piperidine rings is 1. The van der Waals surface area contributed by atoms with Gasteiger partial charge in [-0.3, -0.25) is 9.69 Å². The second-order valence-electron chi connectivity index (χ2n) is 6.88. The molecule has 1 saturated heterocycles. The average molecular weight is 366 g/mol. The minimum absolute atomic E-state index is 0.0217. The van der Waals surface area contributed by atoms with Crippen LogP contribution in [0.2, 0.25) is 0 Å². The monoisotopic (exact) mass is 366 g/mol. The highest BCUT2D eigenvalue weighted by molar-refractivity contribution is 7.00. The molecule has 0 radical (unpaired) electrons. The molecule has 5 nitrogen and oxygen atoms in total. The normalized spacial score (nSPS) is 16.0. The van der Waals surface area contributed by atoms with Crippen molar-refractivity contribution >= 4 is 28.7 Å². The second-order valence-corrected chi connectivity index (χ2v) is 7.41. The van der Waals surface area contributed by atoms with Gasteiger partial charge in [0.2, 0.25) is 0 Å². The van der Waals surface area contributed by atoms with Crippen LogP contribution in [0.1, 0.15) is 28.8 Å². The highest BCUT2D eigenvalue weighted by atomic mass is 32.1. The molecule has 3 aromatic rings. The Morgan fingerprint density at radius 3 is 2.65 bits per heavy atom. The summed E-state index contributed by atoms with van der Waals surface area (Å²) in [6, 6.07) is 16.1. The lowest BCUT2D eigenvalue weighted by Gasteiger charge is -2.32. The summed E-state index contributed by atoms with van der Waals surface area (Å²) >= 11 is 1.17. The maximum atomic E-state index is 12.4. The number of hydrogen-bond donors (Lipinski definition) is 1. The molecule has 0 aliphatic carbocycles. The van der Waals surface area contributed by atoms with E-state index in [-0.39, 0.29) is 5.91 Å². The van der Waals surface area contributed by atoms with Crippen LogP contribution >= 0.6 is 11.7 Å². The third kappa shape index (κ3) is 4.08. The van der Waals surface area contributed by atoms with Crippen LogP contribution in [-0.4, -0.2) is 39.2 Å². The molecule has 6 heteroatoms. The molecule has 1 aromatic heterocycles. The molecule has 1 N–H and O–H groups in total. The smallest absolute Gasteiger partial charge is 0.251 e. The van der Waals surface area contributed by atoms with Gasteiger partial charge in [-0.2, -0.15) is 8.75 Å². The minimum atomic E-state index is -0.0217. The van der Waals surface area contributed by atoms with Crippen molar-refractivity contribution in [1.29, 1.82) is 0 Å². The minimum Gasteiger partial charge on any atom is -0.352 e. The molecule has 2 heterocycles. The molecule has 1 aliphatic heterocycles. The Morgan fingerprint density at radius 1 is 1.08 bits per heavy atom. The predicted octanol–water partition coefficient (Wildman–Crippen LogP) is 3.33. The zero-order chi connectivity index (χ0) is 17.8. The largest absolute Gasteiger partial charge is 0.352 e. The first-order chi connectivity index (χ1) is 12.8. The van der Waals surface area contributed by atoms with Crippen LogP contribution < -0.4 is 5.32 Å². The van der Waals surface area contributed by atoms with Crippen molar-refractivity contribution in [3.63, 3.8) is 0 Å². The Morgan fingerprint density at radius 2 is 1.85 bits per heavy atom. The lowest BCUT2D eigenvalue weighted by atomic mass is 9.96. The average Bonchev–Trinajstić information content (AvgIpc) is 3.16. The number of amides is 1. The molecule has 4 rings (SSSR count). The molecule has 0 atom stereocenters. The SMILES string of the molecule is O=C(NCC1CCN(Cc2ccccc2)CC1)c1ccc2nsnc2c1. The van der Waals surface area contributed by atoms with Crippen molar-refractivity contribution in [2.24, 2.45) is 5.92 Å². The molecule has 1 amide bonds. The number of fused-ring (bicyclic) bond motifs is 1. The van der Waals surface area contributed by atoms with Crippen molar-refractivity contribution in [3.05, 3.63) is 59.7 Å². The number of carbonyl (C=O) groups excluding carboxylic acids is 1. The van der Waals surface area contributed by atoms with Crippen molar-refractivity contribution in [2.45, 2.75) is 19.4 Å². The van der Waals surface area contributed by atoms with Gasteiger partial charge in [0.25, 0.3) is 5.91 Å². The molecule has 2 aromatic carbocycles. The summed E-state index contributed by atoms with van der Waals surface area (Å²) < 4.78 is 8.37. The first-order valence-corrected chi connectivity index (χ1v) is 9.78. The topological polar surface area (TPSA) is 58.1 Å². The molecule has 1 fully saturated rings. The van der Waals surface area contributed by atoms with E-state index in [0.29, 0.717) is 11.5 Å². The first-order valence-electron chi connectivity index (χ1n) is 9.05. The molecule has 0 spiro atoms. The van der Waals surface area contributed by atoms with E-state index in [2.05, 4.69) is 49.3 Å². The number of aromatic nitrogens is 2. The molecule has 26 heavy (non-hydrogen) atoms. The van der Waals surface area contributed by atoms with Crippen LogP contribution in [-0.2, 0) is 6.54 Å². The van der Waals surface area contributed by atoms with Crippen LogP contribution in [0.3, 0.4) is 0 Å². The molecule has 0 unspecified atom stereocenters. The van der Waals surface area contributed by atoms with Crippen LogP contribution in [0.15, 0.2) is 48.5 Å². The first kappa shape index (κ1) is 17.1. The Hall–Kier alpha value is -2.31. The quantitative estimate of drug-likeness (QED) is 0.752. The van der Waals surface area contributed by atoms with E-state index in [1.54, 1.807) is 0 Å². The molecule has 0 saturated carbocycles. The second kappa shape index (κ2) is 7.93. The fourth-order valence-corrected chi connectivity index (χ4v) is 3.97. The fraction of sp³-hybridized carbons (Fsp3) is 0.350.